The van der Waals surface area contributed by atoms with Gasteiger partial charge in [-0.3, -0.25) is 4.79 Å². The Labute approximate surface area is 186 Å². The zero-order chi connectivity index (χ0) is 21.4. The van der Waals surface area contributed by atoms with Gasteiger partial charge in [0, 0.05) is 30.7 Å². The predicted octanol–water partition coefficient (Wildman–Crippen LogP) is 3.40. The Balaban J connectivity index is 1.19. The van der Waals surface area contributed by atoms with E-state index in [1.165, 1.54) is 24.6 Å². The number of rotatable bonds is 8. The Bertz CT molecular complexity index is 1050. The van der Waals surface area contributed by atoms with Gasteiger partial charge in [0.2, 0.25) is 15.9 Å². The summed E-state index contributed by atoms with van der Waals surface area (Å²) in [6.45, 7) is 1.15. The molecule has 1 aromatic carbocycles. The summed E-state index contributed by atoms with van der Waals surface area (Å²) in [7, 11) is -3.46. The highest BCUT2D eigenvalue weighted by Gasteiger charge is 2.36. The van der Waals surface area contributed by atoms with Crippen LogP contribution >= 0.6 is 11.8 Å². The molecule has 10 heteroatoms. The Morgan fingerprint density at radius 1 is 1.03 bits per heavy atom. The van der Waals surface area contributed by atoms with Gasteiger partial charge in [0.15, 0.2) is 5.16 Å². The van der Waals surface area contributed by atoms with Crippen LogP contribution in [0.3, 0.4) is 0 Å². The third kappa shape index (κ3) is 4.65. The molecule has 2 saturated carbocycles. The maximum atomic E-state index is 12.7. The zero-order valence-corrected chi connectivity index (χ0v) is 19.0. The Morgan fingerprint density at radius 2 is 1.74 bits per heavy atom. The normalized spacial score (nSPS) is 20.0. The van der Waals surface area contributed by atoms with Crippen LogP contribution in [0, 0.1) is 0 Å². The lowest BCUT2D eigenvalue weighted by Crippen LogP contribution is -2.35. The van der Waals surface area contributed by atoms with E-state index >= 15 is 0 Å². The maximum absolute atomic E-state index is 12.7. The van der Waals surface area contributed by atoms with E-state index in [1.54, 1.807) is 28.6 Å². The highest BCUT2D eigenvalue weighted by atomic mass is 32.2. The molecule has 1 saturated heterocycles. The van der Waals surface area contributed by atoms with Crippen LogP contribution in [-0.2, 0) is 14.8 Å². The molecule has 2 aliphatic carbocycles. The first-order valence-electron chi connectivity index (χ1n) is 11.0. The van der Waals surface area contributed by atoms with Gasteiger partial charge in [-0.15, -0.1) is 10.2 Å². The van der Waals surface area contributed by atoms with E-state index in [1.807, 2.05) is 0 Å². The summed E-state index contributed by atoms with van der Waals surface area (Å²) >= 11 is 1.41. The highest BCUT2D eigenvalue weighted by molar-refractivity contribution is 7.99. The van der Waals surface area contributed by atoms with E-state index in [0.717, 1.165) is 43.1 Å². The van der Waals surface area contributed by atoms with Gasteiger partial charge in [-0.2, -0.15) is 4.31 Å². The van der Waals surface area contributed by atoms with E-state index in [2.05, 4.69) is 20.1 Å². The lowest BCUT2D eigenvalue weighted by molar-refractivity contribution is -0.113. The standard InChI is InChI=1S/C21H27N5O3S2/c27-19(14-30-21-24-23-20(15-4-5-15)26(21)17-8-9-17)22-16-6-10-18(11-7-16)31(28,29)25-12-2-1-3-13-25/h6-7,10-11,15,17H,1-5,8-9,12-14H2,(H,22,27). The molecule has 0 spiro atoms. The number of hydrogen-bond donors (Lipinski definition) is 1. The van der Waals surface area contributed by atoms with Crippen molar-refractivity contribution in [2.24, 2.45) is 0 Å². The van der Waals surface area contributed by atoms with Crippen LogP contribution in [-0.4, -0.2) is 52.2 Å². The van der Waals surface area contributed by atoms with Crippen molar-refractivity contribution in [2.75, 3.05) is 24.2 Å². The fourth-order valence-corrected chi connectivity index (χ4v) is 6.30. The number of carbonyl (C=O) groups is 1. The number of piperidine rings is 1. The number of aromatic nitrogens is 3. The van der Waals surface area contributed by atoms with Gasteiger partial charge in [0.1, 0.15) is 5.82 Å². The highest BCUT2D eigenvalue weighted by Crippen LogP contribution is 2.46. The number of thioether (sulfide) groups is 1. The van der Waals surface area contributed by atoms with Crippen LogP contribution in [0.15, 0.2) is 34.3 Å². The second kappa shape index (κ2) is 8.55. The van der Waals surface area contributed by atoms with Gasteiger partial charge < -0.3 is 9.88 Å². The summed E-state index contributed by atoms with van der Waals surface area (Å²) in [6.07, 6.45) is 7.56. The molecular formula is C21H27N5O3S2. The first kappa shape index (κ1) is 21.0. The van der Waals surface area contributed by atoms with Crippen LogP contribution in [0.25, 0.3) is 0 Å². The predicted molar refractivity (Wildman–Crippen MR) is 119 cm³/mol. The van der Waals surface area contributed by atoms with Gasteiger partial charge in [-0.05, 0) is 62.8 Å². The van der Waals surface area contributed by atoms with Crippen LogP contribution in [0.1, 0.15) is 62.7 Å². The van der Waals surface area contributed by atoms with Crippen LogP contribution in [0.2, 0.25) is 0 Å². The number of carbonyl (C=O) groups excluding carboxylic acids is 1. The average molecular weight is 462 g/mol. The molecule has 5 rings (SSSR count). The molecule has 0 bridgehead atoms. The van der Waals surface area contributed by atoms with E-state index in [9.17, 15) is 13.2 Å². The van der Waals surface area contributed by atoms with Crippen LogP contribution in [0.5, 0.6) is 0 Å². The van der Waals surface area contributed by atoms with Gasteiger partial charge >= 0.3 is 0 Å². The molecule has 0 unspecified atom stereocenters. The molecule has 1 N–H and O–H groups in total. The molecule has 1 amide bonds. The van der Waals surface area contributed by atoms with Crippen molar-refractivity contribution in [1.82, 2.24) is 19.1 Å². The van der Waals surface area contributed by atoms with Crippen LogP contribution in [0.4, 0.5) is 5.69 Å². The minimum absolute atomic E-state index is 0.144. The van der Waals surface area contributed by atoms with Gasteiger partial charge in [-0.1, -0.05) is 18.2 Å². The SMILES string of the molecule is O=C(CSc1nnc(C2CC2)n1C1CC1)Nc1ccc(S(=O)(=O)N2CCCCC2)cc1. The van der Waals surface area contributed by atoms with Crippen molar-refractivity contribution in [3.05, 3.63) is 30.1 Å². The summed E-state index contributed by atoms with van der Waals surface area (Å²) in [6, 6.07) is 6.93. The minimum atomic E-state index is -3.46. The van der Waals surface area contributed by atoms with E-state index in [-0.39, 0.29) is 16.6 Å². The first-order chi connectivity index (χ1) is 15.0. The van der Waals surface area contributed by atoms with Crippen molar-refractivity contribution < 1.29 is 13.2 Å². The molecule has 8 nitrogen and oxygen atoms in total. The van der Waals surface area contributed by atoms with Crippen molar-refractivity contribution in [2.45, 2.75) is 67.0 Å². The van der Waals surface area contributed by atoms with E-state index in [4.69, 9.17) is 0 Å². The second-order valence-electron chi connectivity index (χ2n) is 8.54. The largest absolute Gasteiger partial charge is 0.325 e. The van der Waals surface area contributed by atoms with Crippen molar-refractivity contribution in [1.29, 1.82) is 0 Å². The Kier molecular flexibility index (Phi) is 5.78. The number of nitrogens with one attached hydrogen (secondary N) is 1. The average Bonchev–Trinajstić information content (AvgIpc) is 3.72. The number of anilines is 1. The molecule has 1 aliphatic heterocycles. The van der Waals surface area contributed by atoms with Gasteiger partial charge in [0.25, 0.3) is 0 Å². The topological polar surface area (TPSA) is 97.2 Å². The summed E-state index contributed by atoms with van der Waals surface area (Å²) in [5.41, 5.74) is 0.588. The summed E-state index contributed by atoms with van der Waals surface area (Å²) < 4.78 is 29.3. The lowest BCUT2D eigenvalue weighted by Gasteiger charge is -2.25. The fourth-order valence-electron chi connectivity index (χ4n) is 3.97. The van der Waals surface area contributed by atoms with Crippen molar-refractivity contribution >= 4 is 33.4 Å². The van der Waals surface area contributed by atoms with Gasteiger partial charge in [-0.25, -0.2) is 8.42 Å². The van der Waals surface area contributed by atoms with Gasteiger partial charge in [0.05, 0.1) is 10.6 Å². The number of hydrogen-bond acceptors (Lipinski definition) is 6. The maximum Gasteiger partial charge on any atom is 0.243 e. The zero-order valence-electron chi connectivity index (χ0n) is 17.4. The molecular weight excluding hydrogens is 434 g/mol. The quantitative estimate of drug-likeness (QED) is 0.605. The molecule has 166 valence electrons. The third-order valence-corrected chi connectivity index (χ3v) is 8.82. The Hall–Kier alpha value is -1.91. The minimum Gasteiger partial charge on any atom is -0.325 e. The molecule has 0 atom stereocenters. The van der Waals surface area contributed by atoms with Crippen molar-refractivity contribution in [3.8, 4) is 0 Å². The van der Waals surface area contributed by atoms with Crippen molar-refractivity contribution in [3.63, 3.8) is 0 Å². The first-order valence-corrected chi connectivity index (χ1v) is 13.4. The second-order valence-corrected chi connectivity index (χ2v) is 11.4. The number of nitrogens with zero attached hydrogens (tertiary/aromatic N) is 4. The lowest BCUT2D eigenvalue weighted by atomic mass is 10.2. The van der Waals surface area contributed by atoms with E-state index < -0.39 is 10.0 Å². The number of amides is 1. The monoisotopic (exact) mass is 461 g/mol. The molecule has 2 aromatic rings. The summed E-state index contributed by atoms with van der Waals surface area (Å²) in [5, 5.41) is 12.4. The number of benzene rings is 1. The molecule has 3 fully saturated rings. The van der Waals surface area contributed by atoms with E-state index in [0.29, 0.717) is 30.7 Å². The smallest absolute Gasteiger partial charge is 0.243 e. The molecule has 1 aromatic heterocycles. The van der Waals surface area contributed by atoms with Crippen LogP contribution < -0.4 is 5.32 Å². The summed E-state index contributed by atoms with van der Waals surface area (Å²) in [4.78, 5) is 12.7. The molecule has 31 heavy (non-hydrogen) atoms. The fraction of sp³-hybridized carbons (Fsp3) is 0.571. The molecule has 3 aliphatic rings. The third-order valence-electron chi connectivity index (χ3n) is 5.97. The molecule has 0 radical (unpaired) electrons. The molecule has 2 heterocycles. The summed E-state index contributed by atoms with van der Waals surface area (Å²) in [5.74, 6) is 1.71. The Morgan fingerprint density at radius 3 is 2.39 bits per heavy atom. The number of sulfonamides is 1.